The fraction of sp³-hybridized carbons (Fsp3) is 0.286. The lowest BCUT2D eigenvalue weighted by molar-refractivity contribution is 0.102. The molecule has 1 amide bonds. The van der Waals surface area contributed by atoms with Crippen molar-refractivity contribution in [1.82, 2.24) is 14.5 Å². The van der Waals surface area contributed by atoms with Crippen molar-refractivity contribution in [3.8, 4) is 11.5 Å². The maximum atomic E-state index is 13.9. The lowest BCUT2D eigenvalue weighted by Gasteiger charge is -2.21. The van der Waals surface area contributed by atoms with Gasteiger partial charge in [0.2, 0.25) is 10.0 Å². The van der Waals surface area contributed by atoms with E-state index in [-0.39, 0.29) is 27.9 Å². The van der Waals surface area contributed by atoms with Crippen LogP contribution in [0.5, 0.6) is 0 Å². The van der Waals surface area contributed by atoms with Crippen LogP contribution in [-0.4, -0.2) is 41.9 Å². The van der Waals surface area contributed by atoms with E-state index in [1.165, 1.54) is 28.6 Å². The minimum Gasteiger partial charge on any atom is -0.403 e. The van der Waals surface area contributed by atoms with Crippen LogP contribution >= 0.6 is 0 Å². The highest BCUT2D eigenvalue weighted by Gasteiger charge is 2.23. The Bertz CT molecular complexity index is 1190. The van der Waals surface area contributed by atoms with Gasteiger partial charge in [0.05, 0.1) is 10.5 Å². The molecule has 0 aliphatic heterocycles. The molecular formula is C21H22F2N4O4S. The number of benzene rings is 2. The van der Waals surface area contributed by atoms with Crippen molar-refractivity contribution in [3.05, 3.63) is 59.7 Å². The molecule has 0 atom stereocenters. The summed E-state index contributed by atoms with van der Waals surface area (Å²) in [4.78, 5) is 12.5. The molecule has 0 fully saturated rings. The summed E-state index contributed by atoms with van der Waals surface area (Å²) in [7, 11) is -3.66. The summed E-state index contributed by atoms with van der Waals surface area (Å²) < 4.78 is 59.2. The van der Waals surface area contributed by atoms with E-state index >= 15 is 0 Å². The van der Waals surface area contributed by atoms with Crippen LogP contribution in [0.15, 0.2) is 51.8 Å². The van der Waals surface area contributed by atoms with E-state index in [2.05, 4.69) is 15.5 Å². The molecule has 1 aromatic heterocycles. The predicted octanol–water partition coefficient (Wildman–Crippen LogP) is 4.08. The van der Waals surface area contributed by atoms with Gasteiger partial charge >= 0.3 is 6.01 Å². The van der Waals surface area contributed by atoms with Gasteiger partial charge in [-0.3, -0.25) is 10.1 Å². The minimum atomic E-state index is -3.66. The first-order chi connectivity index (χ1) is 15.3. The zero-order valence-corrected chi connectivity index (χ0v) is 18.3. The largest absolute Gasteiger partial charge is 0.403 e. The van der Waals surface area contributed by atoms with E-state index in [0.29, 0.717) is 32.0 Å². The van der Waals surface area contributed by atoms with Crippen LogP contribution in [0.3, 0.4) is 0 Å². The Morgan fingerprint density at radius 2 is 1.69 bits per heavy atom. The van der Waals surface area contributed by atoms with Crippen molar-refractivity contribution in [1.29, 1.82) is 0 Å². The number of rotatable bonds is 9. The smallest absolute Gasteiger partial charge is 0.322 e. The molecule has 0 radical (unpaired) electrons. The molecule has 0 saturated heterocycles. The Labute approximate surface area is 184 Å². The van der Waals surface area contributed by atoms with Crippen LogP contribution in [0, 0.1) is 11.6 Å². The Morgan fingerprint density at radius 1 is 1.03 bits per heavy atom. The lowest BCUT2D eigenvalue weighted by atomic mass is 10.2. The van der Waals surface area contributed by atoms with Gasteiger partial charge in [-0.25, -0.2) is 17.2 Å². The second kappa shape index (κ2) is 9.96. The van der Waals surface area contributed by atoms with Crippen LogP contribution in [0.4, 0.5) is 14.8 Å². The van der Waals surface area contributed by atoms with E-state index in [1.54, 1.807) is 0 Å². The van der Waals surface area contributed by atoms with E-state index < -0.39 is 27.6 Å². The first-order valence-electron chi connectivity index (χ1n) is 9.96. The Balaban J connectivity index is 1.73. The number of nitrogens with zero attached hydrogens (tertiary/aromatic N) is 3. The second-order valence-corrected chi connectivity index (χ2v) is 8.86. The molecule has 11 heteroatoms. The van der Waals surface area contributed by atoms with Gasteiger partial charge in [-0.1, -0.05) is 18.9 Å². The number of aromatic nitrogens is 2. The summed E-state index contributed by atoms with van der Waals surface area (Å²) in [6.45, 7) is 4.62. The van der Waals surface area contributed by atoms with Crippen LogP contribution in [0.1, 0.15) is 37.0 Å². The molecule has 0 saturated carbocycles. The van der Waals surface area contributed by atoms with E-state index in [4.69, 9.17) is 4.42 Å². The Hall–Kier alpha value is -3.18. The van der Waals surface area contributed by atoms with E-state index in [0.717, 1.165) is 12.1 Å². The first kappa shape index (κ1) is 23.5. The number of halogens is 2. The molecule has 0 aliphatic rings. The van der Waals surface area contributed by atoms with Gasteiger partial charge in [-0.15, -0.1) is 5.10 Å². The molecule has 2 aromatic carbocycles. The highest BCUT2D eigenvalue weighted by molar-refractivity contribution is 7.89. The minimum absolute atomic E-state index is 0.0859. The average Bonchev–Trinajstić information content (AvgIpc) is 3.21. The SMILES string of the molecule is CCCN(CCC)S(=O)(=O)c1ccc(C(=O)Nc2nnc(-c3ccc(F)cc3F)o2)cc1. The van der Waals surface area contributed by atoms with E-state index in [1.807, 2.05) is 13.8 Å². The van der Waals surface area contributed by atoms with Crippen LogP contribution < -0.4 is 5.32 Å². The molecule has 0 spiro atoms. The fourth-order valence-corrected chi connectivity index (χ4v) is 4.62. The molecular weight excluding hydrogens is 442 g/mol. The molecule has 170 valence electrons. The van der Waals surface area contributed by atoms with Gasteiger partial charge in [-0.2, -0.15) is 4.31 Å². The molecule has 3 aromatic rings. The first-order valence-corrected chi connectivity index (χ1v) is 11.4. The van der Waals surface area contributed by atoms with Gasteiger partial charge in [0.1, 0.15) is 11.6 Å². The number of amides is 1. The number of hydrogen-bond acceptors (Lipinski definition) is 6. The maximum Gasteiger partial charge on any atom is 0.322 e. The van der Waals surface area contributed by atoms with Crippen molar-refractivity contribution in [2.45, 2.75) is 31.6 Å². The fourth-order valence-electron chi connectivity index (χ4n) is 2.99. The number of carbonyl (C=O) groups is 1. The molecule has 3 rings (SSSR count). The molecule has 0 aliphatic carbocycles. The van der Waals surface area contributed by atoms with Gasteiger partial charge in [-0.05, 0) is 49.2 Å². The van der Waals surface area contributed by atoms with Crippen LogP contribution in [-0.2, 0) is 10.0 Å². The van der Waals surface area contributed by atoms with Gasteiger partial charge in [0.15, 0.2) is 0 Å². The number of anilines is 1. The maximum absolute atomic E-state index is 13.9. The molecule has 0 unspecified atom stereocenters. The third-order valence-corrected chi connectivity index (χ3v) is 6.42. The van der Waals surface area contributed by atoms with Crippen molar-refractivity contribution in [2.24, 2.45) is 0 Å². The normalized spacial score (nSPS) is 11.7. The van der Waals surface area contributed by atoms with Crippen molar-refractivity contribution < 1.29 is 26.4 Å². The number of carbonyl (C=O) groups excluding carboxylic acids is 1. The van der Waals surface area contributed by atoms with Gasteiger partial charge < -0.3 is 4.42 Å². The molecule has 1 N–H and O–H groups in total. The average molecular weight is 464 g/mol. The van der Waals surface area contributed by atoms with Crippen molar-refractivity contribution >= 4 is 21.9 Å². The van der Waals surface area contributed by atoms with Crippen LogP contribution in [0.25, 0.3) is 11.5 Å². The highest BCUT2D eigenvalue weighted by atomic mass is 32.2. The summed E-state index contributed by atoms with van der Waals surface area (Å²) in [5.74, 6) is -2.49. The highest BCUT2D eigenvalue weighted by Crippen LogP contribution is 2.24. The van der Waals surface area contributed by atoms with Crippen molar-refractivity contribution in [3.63, 3.8) is 0 Å². The lowest BCUT2D eigenvalue weighted by Crippen LogP contribution is -2.32. The van der Waals surface area contributed by atoms with Gasteiger partial charge in [0, 0.05) is 24.7 Å². The predicted molar refractivity (Wildman–Crippen MR) is 113 cm³/mol. The zero-order chi connectivity index (χ0) is 23.3. The summed E-state index contributed by atoms with van der Waals surface area (Å²) in [6, 6.07) is 8.02. The van der Waals surface area contributed by atoms with Crippen LogP contribution in [0.2, 0.25) is 0 Å². The number of sulfonamides is 1. The Morgan fingerprint density at radius 3 is 2.28 bits per heavy atom. The van der Waals surface area contributed by atoms with Gasteiger partial charge in [0.25, 0.3) is 11.8 Å². The molecule has 1 heterocycles. The summed E-state index contributed by atoms with van der Waals surface area (Å²) in [5, 5.41) is 9.64. The quantitative estimate of drug-likeness (QED) is 0.512. The summed E-state index contributed by atoms with van der Waals surface area (Å²) in [6.07, 6.45) is 1.38. The zero-order valence-electron chi connectivity index (χ0n) is 17.5. The second-order valence-electron chi connectivity index (χ2n) is 6.92. The Kier molecular flexibility index (Phi) is 7.31. The standard InChI is InChI=1S/C21H22F2N4O4S/c1-3-11-27(12-4-2)32(29,30)16-8-5-14(6-9-16)19(28)24-21-26-25-20(31-21)17-10-7-15(22)13-18(17)23/h5-10,13H,3-4,11-12H2,1-2H3,(H,24,26,28). The topological polar surface area (TPSA) is 105 Å². The third kappa shape index (κ3) is 5.17. The molecule has 0 bridgehead atoms. The summed E-state index contributed by atoms with van der Waals surface area (Å²) >= 11 is 0. The number of hydrogen-bond donors (Lipinski definition) is 1. The number of nitrogens with one attached hydrogen (secondary N) is 1. The van der Waals surface area contributed by atoms with E-state index in [9.17, 15) is 22.0 Å². The molecule has 32 heavy (non-hydrogen) atoms. The summed E-state index contributed by atoms with van der Waals surface area (Å²) in [5.41, 5.74) is 0.0480. The molecule has 8 nitrogen and oxygen atoms in total. The van der Waals surface area contributed by atoms with Crippen molar-refractivity contribution in [2.75, 3.05) is 18.4 Å². The monoisotopic (exact) mass is 464 g/mol. The third-order valence-electron chi connectivity index (χ3n) is 4.51.